The van der Waals surface area contributed by atoms with Gasteiger partial charge in [-0.3, -0.25) is 4.68 Å². The van der Waals surface area contributed by atoms with E-state index in [0.717, 1.165) is 44.0 Å². The van der Waals surface area contributed by atoms with Crippen LogP contribution < -0.4 is 5.32 Å². The van der Waals surface area contributed by atoms with E-state index < -0.39 is 0 Å². The highest BCUT2D eigenvalue weighted by Crippen LogP contribution is 2.19. The molecule has 1 saturated heterocycles. The van der Waals surface area contributed by atoms with Crippen LogP contribution in [-0.2, 0) is 13.1 Å². The Labute approximate surface area is 127 Å². The van der Waals surface area contributed by atoms with Crippen molar-refractivity contribution in [2.45, 2.75) is 50.9 Å². The molecule has 3 rings (SSSR count). The Morgan fingerprint density at radius 3 is 2.95 bits per heavy atom. The molecule has 2 fully saturated rings. The SMILES string of the molecule is CN(CCn1cc(CNC2CC2)nn1)CC1CCCN1C. The van der Waals surface area contributed by atoms with E-state index in [0.29, 0.717) is 0 Å². The molecule has 1 N–H and O–H groups in total. The molecule has 1 aliphatic heterocycles. The summed E-state index contributed by atoms with van der Waals surface area (Å²) in [7, 11) is 4.45. The van der Waals surface area contributed by atoms with Gasteiger partial charge in [0.25, 0.3) is 0 Å². The third-order valence-corrected chi connectivity index (χ3v) is 4.64. The lowest BCUT2D eigenvalue weighted by Crippen LogP contribution is -2.37. The van der Waals surface area contributed by atoms with Crippen molar-refractivity contribution in [2.24, 2.45) is 0 Å². The largest absolute Gasteiger partial charge is 0.308 e. The van der Waals surface area contributed by atoms with E-state index >= 15 is 0 Å². The molecule has 2 heterocycles. The van der Waals surface area contributed by atoms with Crippen LogP contribution in [-0.4, -0.2) is 70.6 Å². The molecule has 6 heteroatoms. The van der Waals surface area contributed by atoms with Crippen LogP contribution >= 0.6 is 0 Å². The van der Waals surface area contributed by atoms with E-state index in [1.165, 1.54) is 32.2 Å². The third kappa shape index (κ3) is 4.49. The molecule has 0 aromatic carbocycles. The Balaban J connectivity index is 1.37. The molecule has 21 heavy (non-hydrogen) atoms. The van der Waals surface area contributed by atoms with Gasteiger partial charge in [0.1, 0.15) is 0 Å². The minimum Gasteiger partial charge on any atom is -0.308 e. The normalized spacial score (nSPS) is 23.3. The third-order valence-electron chi connectivity index (χ3n) is 4.64. The lowest BCUT2D eigenvalue weighted by atomic mass is 10.2. The van der Waals surface area contributed by atoms with Crippen LogP contribution in [0.15, 0.2) is 6.20 Å². The molecule has 1 saturated carbocycles. The summed E-state index contributed by atoms with van der Waals surface area (Å²) in [6, 6.07) is 1.45. The lowest BCUT2D eigenvalue weighted by Gasteiger charge is -2.25. The molecule has 1 aliphatic carbocycles. The van der Waals surface area contributed by atoms with Crippen molar-refractivity contribution in [3.05, 3.63) is 11.9 Å². The van der Waals surface area contributed by atoms with Gasteiger partial charge in [0.15, 0.2) is 0 Å². The summed E-state index contributed by atoms with van der Waals surface area (Å²) in [5.74, 6) is 0. The molecule has 1 aromatic rings. The van der Waals surface area contributed by atoms with Crippen molar-refractivity contribution >= 4 is 0 Å². The maximum atomic E-state index is 4.23. The second-order valence-electron chi connectivity index (χ2n) is 6.67. The maximum absolute atomic E-state index is 4.23. The molecule has 0 amide bonds. The molecular formula is C15H28N6. The van der Waals surface area contributed by atoms with Gasteiger partial charge >= 0.3 is 0 Å². The molecule has 1 aromatic heterocycles. The average molecular weight is 292 g/mol. The number of hydrogen-bond acceptors (Lipinski definition) is 5. The molecule has 6 nitrogen and oxygen atoms in total. The van der Waals surface area contributed by atoms with Crippen LogP contribution in [0.25, 0.3) is 0 Å². The van der Waals surface area contributed by atoms with Gasteiger partial charge in [-0.15, -0.1) is 5.10 Å². The van der Waals surface area contributed by atoms with Crippen molar-refractivity contribution in [3.63, 3.8) is 0 Å². The zero-order valence-electron chi connectivity index (χ0n) is 13.3. The minimum absolute atomic E-state index is 0.726. The van der Waals surface area contributed by atoms with Crippen molar-refractivity contribution < 1.29 is 0 Å². The molecule has 1 atom stereocenters. The summed E-state index contributed by atoms with van der Waals surface area (Å²) in [5, 5.41) is 11.9. The zero-order valence-corrected chi connectivity index (χ0v) is 13.3. The molecule has 0 spiro atoms. The first-order valence-electron chi connectivity index (χ1n) is 8.22. The number of nitrogens with zero attached hydrogens (tertiary/aromatic N) is 5. The Hall–Kier alpha value is -0.980. The van der Waals surface area contributed by atoms with Gasteiger partial charge in [-0.05, 0) is 46.3 Å². The van der Waals surface area contributed by atoms with Crippen LogP contribution in [0.1, 0.15) is 31.4 Å². The maximum Gasteiger partial charge on any atom is 0.0964 e. The predicted molar refractivity (Wildman–Crippen MR) is 83.0 cm³/mol. The Morgan fingerprint density at radius 1 is 1.38 bits per heavy atom. The highest BCUT2D eigenvalue weighted by molar-refractivity contribution is 4.94. The number of aromatic nitrogens is 3. The highest BCUT2D eigenvalue weighted by Gasteiger charge is 2.22. The van der Waals surface area contributed by atoms with E-state index in [9.17, 15) is 0 Å². The Morgan fingerprint density at radius 2 is 2.24 bits per heavy atom. The van der Waals surface area contributed by atoms with Gasteiger partial charge in [-0.1, -0.05) is 5.21 Å². The van der Waals surface area contributed by atoms with Crippen molar-refractivity contribution in [3.8, 4) is 0 Å². The quantitative estimate of drug-likeness (QED) is 0.758. The monoisotopic (exact) mass is 292 g/mol. The fourth-order valence-electron chi connectivity index (χ4n) is 3.00. The molecular weight excluding hydrogens is 264 g/mol. The van der Waals surface area contributed by atoms with Gasteiger partial charge in [0.2, 0.25) is 0 Å². The summed E-state index contributed by atoms with van der Waals surface area (Å²) < 4.78 is 1.97. The summed E-state index contributed by atoms with van der Waals surface area (Å²) in [6.45, 7) is 5.21. The standard InChI is InChI=1S/C15H28N6/c1-19(12-15-4-3-7-20(15)2)8-9-21-11-14(17-18-21)10-16-13-5-6-13/h11,13,15-16H,3-10,12H2,1-2H3. The van der Waals surface area contributed by atoms with Gasteiger partial charge in [0.05, 0.1) is 12.2 Å². The second kappa shape index (κ2) is 6.85. The van der Waals surface area contributed by atoms with Gasteiger partial charge in [0, 0.05) is 37.9 Å². The number of likely N-dealkylation sites (N-methyl/N-ethyl adjacent to an activating group) is 2. The summed E-state index contributed by atoms with van der Waals surface area (Å²) in [5.41, 5.74) is 1.06. The van der Waals surface area contributed by atoms with Crippen molar-refractivity contribution in [2.75, 3.05) is 33.7 Å². The highest BCUT2D eigenvalue weighted by atomic mass is 15.4. The number of hydrogen-bond donors (Lipinski definition) is 1. The van der Waals surface area contributed by atoms with Crippen molar-refractivity contribution in [1.82, 2.24) is 30.1 Å². The summed E-state index contributed by atoms with van der Waals surface area (Å²) in [6.07, 6.45) is 7.38. The molecule has 0 bridgehead atoms. The number of likely N-dealkylation sites (tertiary alicyclic amines) is 1. The van der Waals surface area contributed by atoms with E-state index in [1.54, 1.807) is 0 Å². The molecule has 2 aliphatic rings. The molecule has 0 radical (unpaired) electrons. The Bertz CT molecular complexity index is 441. The lowest BCUT2D eigenvalue weighted by molar-refractivity contribution is 0.213. The predicted octanol–water partition coefficient (Wildman–Crippen LogP) is 0.556. The van der Waals surface area contributed by atoms with Crippen LogP contribution in [0, 0.1) is 0 Å². The van der Waals surface area contributed by atoms with Gasteiger partial charge < -0.3 is 15.1 Å². The fourth-order valence-corrected chi connectivity index (χ4v) is 3.00. The minimum atomic E-state index is 0.726. The van der Waals surface area contributed by atoms with Crippen LogP contribution in [0.4, 0.5) is 0 Å². The summed E-state index contributed by atoms with van der Waals surface area (Å²) >= 11 is 0. The average Bonchev–Trinajstić information content (AvgIpc) is 3.05. The topological polar surface area (TPSA) is 49.2 Å². The van der Waals surface area contributed by atoms with E-state index in [1.807, 2.05) is 4.68 Å². The number of nitrogens with one attached hydrogen (secondary N) is 1. The summed E-state index contributed by atoms with van der Waals surface area (Å²) in [4.78, 5) is 4.89. The molecule has 1 unspecified atom stereocenters. The van der Waals surface area contributed by atoms with E-state index in [4.69, 9.17) is 0 Å². The first-order valence-corrected chi connectivity index (χ1v) is 8.22. The van der Waals surface area contributed by atoms with Crippen molar-refractivity contribution in [1.29, 1.82) is 0 Å². The van der Waals surface area contributed by atoms with E-state index in [2.05, 4.69) is 45.7 Å². The van der Waals surface area contributed by atoms with Crippen LogP contribution in [0.2, 0.25) is 0 Å². The molecule has 118 valence electrons. The smallest absolute Gasteiger partial charge is 0.0964 e. The first-order chi connectivity index (χ1) is 10.2. The van der Waals surface area contributed by atoms with Gasteiger partial charge in [-0.25, -0.2) is 0 Å². The van der Waals surface area contributed by atoms with Crippen LogP contribution in [0.3, 0.4) is 0 Å². The van der Waals surface area contributed by atoms with Gasteiger partial charge in [-0.2, -0.15) is 0 Å². The fraction of sp³-hybridized carbons (Fsp3) is 0.867. The van der Waals surface area contributed by atoms with E-state index in [-0.39, 0.29) is 0 Å². The second-order valence-corrected chi connectivity index (χ2v) is 6.67. The Kier molecular flexibility index (Phi) is 4.87. The van der Waals surface area contributed by atoms with Crippen LogP contribution in [0.5, 0.6) is 0 Å². The zero-order chi connectivity index (χ0) is 14.7. The number of rotatable bonds is 8. The first kappa shape index (κ1) is 14.9.